The zero-order valence-electron chi connectivity index (χ0n) is 10.9. The maximum absolute atomic E-state index is 12.2. The third-order valence-corrected chi connectivity index (χ3v) is 3.07. The van der Waals surface area contributed by atoms with Gasteiger partial charge in [0.25, 0.3) is 0 Å². The van der Waals surface area contributed by atoms with Crippen LogP contribution < -0.4 is 5.32 Å². The normalized spacial score (nSPS) is 12.4. The summed E-state index contributed by atoms with van der Waals surface area (Å²) in [6, 6.07) is 9.51. The van der Waals surface area contributed by atoms with Crippen LogP contribution in [0.2, 0.25) is 0 Å². The van der Waals surface area contributed by atoms with Crippen molar-refractivity contribution in [3.05, 3.63) is 35.9 Å². The third kappa shape index (κ3) is 4.70. The molecular formula is C15H23NO. The molecule has 0 fully saturated rings. The number of carbonyl (C=O) groups excluding carboxylic acids is 1. The lowest BCUT2D eigenvalue weighted by atomic mass is 9.99. The Bertz CT molecular complexity index is 321. The van der Waals surface area contributed by atoms with Crippen LogP contribution in [0.1, 0.15) is 49.4 Å². The van der Waals surface area contributed by atoms with Gasteiger partial charge in [0, 0.05) is 5.56 Å². The number of ketones is 1. The highest BCUT2D eigenvalue weighted by Gasteiger charge is 2.16. The van der Waals surface area contributed by atoms with Gasteiger partial charge in [0.15, 0.2) is 5.78 Å². The van der Waals surface area contributed by atoms with Gasteiger partial charge in [-0.15, -0.1) is 0 Å². The number of rotatable bonds is 8. The van der Waals surface area contributed by atoms with Crippen molar-refractivity contribution < 1.29 is 4.79 Å². The largest absolute Gasteiger partial charge is 0.310 e. The molecule has 0 aliphatic carbocycles. The van der Waals surface area contributed by atoms with Crippen molar-refractivity contribution >= 4 is 5.78 Å². The molecule has 1 N–H and O–H groups in total. The Morgan fingerprint density at radius 1 is 1.18 bits per heavy atom. The van der Waals surface area contributed by atoms with E-state index in [1.807, 2.05) is 37.4 Å². The van der Waals surface area contributed by atoms with Gasteiger partial charge in [0.1, 0.15) is 0 Å². The standard InChI is InChI=1S/C15H23NO/c1-3-4-5-9-12-14(16-2)15(17)13-10-7-6-8-11-13/h6-8,10-11,14,16H,3-5,9,12H2,1-2H3. The van der Waals surface area contributed by atoms with Crippen LogP contribution in [0.3, 0.4) is 0 Å². The van der Waals surface area contributed by atoms with Gasteiger partial charge in [-0.05, 0) is 13.5 Å². The topological polar surface area (TPSA) is 29.1 Å². The van der Waals surface area contributed by atoms with Gasteiger partial charge in [-0.2, -0.15) is 0 Å². The molecule has 1 atom stereocenters. The maximum atomic E-state index is 12.2. The first-order chi connectivity index (χ1) is 8.29. The van der Waals surface area contributed by atoms with Crippen LogP contribution in [0.15, 0.2) is 30.3 Å². The average Bonchev–Trinajstić information content (AvgIpc) is 2.39. The fourth-order valence-corrected chi connectivity index (χ4v) is 1.99. The predicted molar refractivity (Wildman–Crippen MR) is 72.4 cm³/mol. The van der Waals surface area contributed by atoms with E-state index in [9.17, 15) is 4.79 Å². The molecule has 0 spiro atoms. The Labute approximate surface area is 104 Å². The molecule has 1 aromatic rings. The van der Waals surface area contributed by atoms with Gasteiger partial charge < -0.3 is 5.32 Å². The monoisotopic (exact) mass is 233 g/mol. The number of hydrogen-bond donors (Lipinski definition) is 1. The lowest BCUT2D eigenvalue weighted by molar-refractivity contribution is 0.0941. The lowest BCUT2D eigenvalue weighted by Crippen LogP contribution is -2.34. The first-order valence-corrected chi connectivity index (χ1v) is 6.56. The summed E-state index contributed by atoms with van der Waals surface area (Å²) in [5.74, 6) is 0.213. The van der Waals surface area contributed by atoms with Crippen LogP contribution in [-0.4, -0.2) is 18.9 Å². The molecule has 0 bridgehead atoms. The number of carbonyl (C=O) groups is 1. The molecular weight excluding hydrogens is 210 g/mol. The summed E-state index contributed by atoms with van der Waals surface area (Å²) in [7, 11) is 1.87. The van der Waals surface area contributed by atoms with Crippen molar-refractivity contribution in [1.29, 1.82) is 0 Å². The van der Waals surface area contributed by atoms with E-state index in [2.05, 4.69) is 12.2 Å². The molecule has 0 aromatic heterocycles. The second kappa shape index (κ2) is 8.02. The smallest absolute Gasteiger partial charge is 0.179 e. The molecule has 0 saturated carbocycles. The Kier molecular flexibility index (Phi) is 6.56. The zero-order chi connectivity index (χ0) is 12.5. The van der Waals surface area contributed by atoms with Gasteiger partial charge in [0.05, 0.1) is 6.04 Å². The van der Waals surface area contributed by atoms with Crippen molar-refractivity contribution in [2.45, 2.75) is 45.1 Å². The van der Waals surface area contributed by atoms with Crippen molar-refractivity contribution in [3.63, 3.8) is 0 Å². The number of hydrogen-bond acceptors (Lipinski definition) is 2. The van der Waals surface area contributed by atoms with Crippen molar-refractivity contribution in [2.75, 3.05) is 7.05 Å². The van der Waals surface area contributed by atoms with Gasteiger partial charge in [-0.25, -0.2) is 0 Å². The van der Waals surface area contributed by atoms with E-state index in [1.165, 1.54) is 19.3 Å². The lowest BCUT2D eigenvalue weighted by Gasteiger charge is -2.14. The minimum atomic E-state index is -0.0331. The molecule has 0 saturated heterocycles. The fourth-order valence-electron chi connectivity index (χ4n) is 1.99. The van der Waals surface area contributed by atoms with Crippen molar-refractivity contribution in [2.24, 2.45) is 0 Å². The molecule has 1 aromatic carbocycles. The first kappa shape index (κ1) is 13.9. The van der Waals surface area contributed by atoms with Crippen LogP contribution in [0.4, 0.5) is 0 Å². The van der Waals surface area contributed by atoms with Crippen LogP contribution >= 0.6 is 0 Å². The molecule has 0 radical (unpaired) electrons. The third-order valence-electron chi connectivity index (χ3n) is 3.07. The van der Waals surface area contributed by atoms with Gasteiger partial charge in [-0.1, -0.05) is 62.9 Å². The second-order valence-electron chi connectivity index (χ2n) is 4.42. The summed E-state index contributed by atoms with van der Waals surface area (Å²) < 4.78 is 0. The highest BCUT2D eigenvalue weighted by molar-refractivity contribution is 6.00. The van der Waals surface area contributed by atoms with E-state index in [1.54, 1.807) is 0 Å². The zero-order valence-corrected chi connectivity index (χ0v) is 10.9. The molecule has 1 rings (SSSR count). The Balaban J connectivity index is 2.47. The SMILES string of the molecule is CCCCCCC(NC)C(=O)c1ccccc1. The quantitative estimate of drug-likeness (QED) is 0.550. The van der Waals surface area contributed by atoms with E-state index in [4.69, 9.17) is 0 Å². The number of nitrogens with one attached hydrogen (secondary N) is 1. The van der Waals surface area contributed by atoms with E-state index in [0.717, 1.165) is 18.4 Å². The molecule has 0 amide bonds. The summed E-state index contributed by atoms with van der Waals surface area (Å²) in [5, 5.41) is 3.13. The van der Waals surface area contributed by atoms with E-state index < -0.39 is 0 Å². The highest BCUT2D eigenvalue weighted by atomic mass is 16.1. The molecule has 0 heterocycles. The van der Waals surface area contributed by atoms with Gasteiger partial charge >= 0.3 is 0 Å². The van der Waals surface area contributed by atoms with Crippen LogP contribution in [0.5, 0.6) is 0 Å². The van der Waals surface area contributed by atoms with Crippen LogP contribution in [0.25, 0.3) is 0 Å². The number of benzene rings is 1. The minimum absolute atomic E-state index is 0.0331. The highest BCUT2D eigenvalue weighted by Crippen LogP contribution is 2.10. The maximum Gasteiger partial charge on any atom is 0.179 e. The molecule has 2 heteroatoms. The number of unbranched alkanes of at least 4 members (excludes halogenated alkanes) is 3. The summed E-state index contributed by atoms with van der Waals surface area (Å²) in [5.41, 5.74) is 0.808. The van der Waals surface area contributed by atoms with Gasteiger partial charge in [-0.3, -0.25) is 4.79 Å². The summed E-state index contributed by atoms with van der Waals surface area (Å²) in [6.45, 7) is 2.20. The molecule has 17 heavy (non-hydrogen) atoms. The summed E-state index contributed by atoms with van der Waals surface area (Å²) in [6.07, 6.45) is 5.77. The Hall–Kier alpha value is -1.15. The average molecular weight is 233 g/mol. The van der Waals surface area contributed by atoms with Gasteiger partial charge in [0.2, 0.25) is 0 Å². The molecule has 0 aliphatic rings. The number of likely N-dealkylation sites (N-methyl/N-ethyl adjacent to an activating group) is 1. The predicted octanol–water partition coefficient (Wildman–Crippen LogP) is 3.43. The van der Waals surface area contributed by atoms with E-state index >= 15 is 0 Å². The van der Waals surface area contributed by atoms with E-state index in [0.29, 0.717) is 0 Å². The molecule has 0 aliphatic heterocycles. The van der Waals surface area contributed by atoms with Crippen molar-refractivity contribution in [1.82, 2.24) is 5.32 Å². The first-order valence-electron chi connectivity index (χ1n) is 6.56. The molecule has 2 nitrogen and oxygen atoms in total. The van der Waals surface area contributed by atoms with Crippen LogP contribution in [-0.2, 0) is 0 Å². The van der Waals surface area contributed by atoms with Crippen LogP contribution in [0, 0.1) is 0 Å². The fraction of sp³-hybridized carbons (Fsp3) is 0.533. The van der Waals surface area contributed by atoms with Crippen molar-refractivity contribution in [3.8, 4) is 0 Å². The second-order valence-corrected chi connectivity index (χ2v) is 4.42. The Morgan fingerprint density at radius 3 is 2.47 bits per heavy atom. The summed E-state index contributed by atoms with van der Waals surface area (Å²) >= 11 is 0. The number of Topliss-reactive ketones (excluding diaryl/α,β-unsaturated/α-hetero) is 1. The minimum Gasteiger partial charge on any atom is -0.310 e. The van der Waals surface area contributed by atoms with E-state index in [-0.39, 0.29) is 11.8 Å². The Morgan fingerprint density at radius 2 is 1.88 bits per heavy atom. The molecule has 1 unspecified atom stereocenters. The summed E-state index contributed by atoms with van der Waals surface area (Å²) in [4.78, 5) is 12.2. The molecule has 94 valence electrons.